The Morgan fingerprint density at radius 3 is 2.06 bits per heavy atom. The number of hydrogen-bond donors (Lipinski definition) is 3. The average molecular weight is 453 g/mol. The van der Waals surface area contributed by atoms with Crippen LogP contribution >= 0.6 is 0 Å². The van der Waals surface area contributed by atoms with Gasteiger partial charge in [-0.3, -0.25) is 4.79 Å². The van der Waals surface area contributed by atoms with Crippen LogP contribution in [0.1, 0.15) is 57.1 Å². The number of amides is 2. The van der Waals surface area contributed by atoms with E-state index in [0.717, 1.165) is 28.7 Å². The van der Waals surface area contributed by atoms with Gasteiger partial charge in [0.1, 0.15) is 18.7 Å². The standard InChI is InChI=1S/C26H32N2O5/c1-4-5-14-22(25(30)31)27-24(29)23(16(2)3)28-26(32)33-15-21-19-12-8-6-10-17(19)18-11-7-9-13-20(18)21/h6-13,16,21-23H,4-5,14-15H2,1-3H3,(H,27,29)(H,28,32)(H,30,31)/t22?,23-/m1/s1. The second kappa shape index (κ2) is 11.0. The molecule has 176 valence electrons. The first-order chi connectivity index (χ1) is 15.8. The Kier molecular flexibility index (Phi) is 8.09. The topological polar surface area (TPSA) is 105 Å². The minimum atomic E-state index is -1.08. The lowest BCUT2D eigenvalue weighted by atomic mass is 9.98. The first kappa shape index (κ1) is 24.3. The van der Waals surface area contributed by atoms with Gasteiger partial charge >= 0.3 is 12.1 Å². The van der Waals surface area contributed by atoms with Crippen molar-refractivity contribution in [3.05, 3.63) is 59.7 Å². The van der Waals surface area contributed by atoms with Crippen molar-refractivity contribution in [3.8, 4) is 11.1 Å². The summed E-state index contributed by atoms with van der Waals surface area (Å²) >= 11 is 0. The van der Waals surface area contributed by atoms with E-state index in [2.05, 4.69) is 22.8 Å². The predicted octanol–water partition coefficient (Wildman–Crippen LogP) is 4.31. The van der Waals surface area contributed by atoms with E-state index in [0.29, 0.717) is 12.8 Å². The quantitative estimate of drug-likeness (QED) is 0.498. The van der Waals surface area contributed by atoms with Crippen molar-refractivity contribution in [2.75, 3.05) is 6.61 Å². The van der Waals surface area contributed by atoms with Crippen molar-refractivity contribution in [2.24, 2.45) is 5.92 Å². The summed E-state index contributed by atoms with van der Waals surface area (Å²) < 4.78 is 5.54. The summed E-state index contributed by atoms with van der Waals surface area (Å²) in [7, 11) is 0. The fourth-order valence-corrected chi connectivity index (χ4v) is 4.23. The fourth-order valence-electron chi connectivity index (χ4n) is 4.23. The second-order valence-electron chi connectivity index (χ2n) is 8.73. The van der Waals surface area contributed by atoms with Crippen molar-refractivity contribution in [1.29, 1.82) is 0 Å². The van der Waals surface area contributed by atoms with Crippen molar-refractivity contribution < 1.29 is 24.2 Å². The van der Waals surface area contributed by atoms with Gasteiger partial charge in [-0.2, -0.15) is 0 Å². The maximum atomic E-state index is 12.7. The lowest BCUT2D eigenvalue weighted by Crippen LogP contribution is -2.53. The van der Waals surface area contributed by atoms with Crippen LogP contribution in [0.15, 0.2) is 48.5 Å². The fraction of sp³-hybridized carbons (Fsp3) is 0.423. The van der Waals surface area contributed by atoms with Crippen LogP contribution in [0.2, 0.25) is 0 Å². The van der Waals surface area contributed by atoms with Crippen molar-refractivity contribution >= 4 is 18.0 Å². The molecular formula is C26H32N2O5. The zero-order chi connectivity index (χ0) is 24.0. The SMILES string of the molecule is CCCCC(NC(=O)[C@H](NC(=O)OCC1c2ccccc2-c2ccccc21)C(C)C)C(=O)O. The van der Waals surface area contributed by atoms with Crippen molar-refractivity contribution in [2.45, 2.75) is 58.0 Å². The Labute approximate surface area is 194 Å². The van der Waals surface area contributed by atoms with Crippen LogP contribution in [0.3, 0.4) is 0 Å². The predicted molar refractivity (Wildman–Crippen MR) is 126 cm³/mol. The molecule has 2 amide bonds. The minimum absolute atomic E-state index is 0.0834. The lowest BCUT2D eigenvalue weighted by Gasteiger charge is -2.24. The largest absolute Gasteiger partial charge is 0.480 e. The van der Waals surface area contributed by atoms with Crippen molar-refractivity contribution in [1.82, 2.24) is 10.6 Å². The molecule has 1 aliphatic carbocycles. The highest BCUT2D eigenvalue weighted by Gasteiger charge is 2.31. The maximum absolute atomic E-state index is 12.7. The molecule has 0 saturated carbocycles. The minimum Gasteiger partial charge on any atom is -0.480 e. The molecule has 0 heterocycles. The molecule has 0 saturated heterocycles. The molecule has 0 spiro atoms. The summed E-state index contributed by atoms with van der Waals surface area (Å²) in [5.41, 5.74) is 4.47. The molecule has 2 aromatic carbocycles. The number of carbonyl (C=O) groups is 3. The van der Waals surface area contributed by atoms with Crippen LogP contribution in [0.5, 0.6) is 0 Å². The molecule has 7 heteroatoms. The molecule has 1 unspecified atom stereocenters. The number of benzene rings is 2. The molecule has 3 rings (SSSR count). The Morgan fingerprint density at radius 2 is 1.55 bits per heavy atom. The highest BCUT2D eigenvalue weighted by atomic mass is 16.5. The number of carboxylic acid groups (broad SMARTS) is 1. The molecule has 3 N–H and O–H groups in total. The van der Waals surface area contributed by atoms with Gasteiger partial charge in [0.05, 0.1) is 0 Å². The van der Waals surface area contributed by atoms with E-state index in [9.17, 15) is 19.5 Å². The summed E-state index contributed by atoms with van der Waals surface area (Å²) in [6, 6.07) is 14.2. The highest BCUT2D eigenvalue weighted by molar-refractivity contribution is 5.89. The molecule has 0 radical (unpaired) electrons. The number of fused-ring (bicyclic) bond motifs is 3. The van der Waals surface area contributed by atoms with E-state index in [4.69, 9.17) is 4.74 Å². The molecule has 0 fully saturated rings. The molecule has 0 aromatic heterocycles. The zero-order valence-corrected chi connectivity index (χ0v) is 19.3. The Hall–Kier alpha value is -3.35. The summed E-state index contributed by atoms with van der Waals surface area (Å²) in [6.07, 6.45) is 1.15. The van der Waals surface area contributed by atoms with E-state index in [-0.39, 0.29) is 18.4 Å². The van der Waals surface area contributed by atoms with Gasteiger partial charge in [0.15, 0.2) is 0 Å². The van der Waals surface area contributed by atoms with Gasteiger partial charge in [-0.15, -0.1) is 0 Å². The number of unbranched alkanes of at least 4 members (excludes halogenated alkanes) is 1. The van der Waals surface area contributed by atoms with E-state index in [1.807, 2.05) is 43.3 Å². The maximum Gasteiger partial charge on any atom is 0.407 e. The van der Waals surface area contributed by atoms with Crippen LogP contribution in [0.4, 0.5) is 4.79 Å². The van der Waals surface area contributed by atoms with Crippen LogP contribution in [0.25, 0.3) is 11.1 Å². The van der Waals surface area contributed by atoms with E-state index < -0.39 is 30.1 Å². The number of carbonyl (C=O) groups excluding carboxylic acids is 2. The average Bonchev–Trinajstić information content (AvgIpc) is 3.12. The van der Waals surface area contributed by atoms with Crippen LogP contribution in [-0.4, -0.2) is 41.8 Å². The molecule has 0 bridgehead atoms. The molecule has 1 aliphatic rings. The van der Waals surface area contributed by atoms with Gasteiger partial charge in [-0.1, -0.05) is 82.1 Å². The summed E-state index contributed by atoms with van der Waals surface area (Å²) in [5.74, 6) is -1.94. The number of ether oxygens (including phenoxy) is 1. The number of aliphatic carboxylic acids is 1. The number of carboxylic acids is 1. The zero-order valence-electron chi connectivity index (χ0n) is 19.3. The van der Waals surface area contributed by atoms with Gasteiger partial charge in [0, 0.05) is 5.92 Å². The lowest BCUT2D eigenvalue weighted by molar-refractivity contribution is -0.142. The molecule has 33 heavy (non-hydrogen) atoms. The first-order valence-corrected chi connectivity index (χ1v) is 11.5. The number of hydrogen-bond acceptors (Lipinski definition) is 4. The van der Waals surface area contributed by atoms with Gasteiger partial charge in [0.25, 0.3) is 0 Å². The third-order valence-corrected chi connectivity index (χ3v) is 6.03. The van der Waals surface area contributed by atoms with E-state index >= 15 is 0 Å². The van der Waals surface area contributed by atoms with Crippen LogP contribution in [0, 0.1) is 5.92 Å². The second-order valence-corrected chi connectivity index (χ2v) is 8.73. The van der Waals surface area contributed by atoms with E-state index in [1.54, 1.807) is 13.8 Å². The third-order valence-electron chi connectivity index (χ3n) is 6.03. The summed E-state index contributed by atoms with van der Waals surface area (Å²) in [5, 5.41) is 14.6. The highest BCUT2D eigenvalue weighted by Crippen LogP contribution is 2.44. The number of nitrogens with one attached hydrogen (secondary N) is 2. The summed E-state index contributed by atoms with van der Waals surface area (Å²) in [4.78, 5) is 36.8. The Bertz CT molecular complexity index is 958. The smallest absolute Gasteiger partial charge is 0.407 e. The molecule has 7 nitrogen and oxygen atoms in total. The third kappa shape index (κ3) is 5.72. The van der Waals surface area contributed by atoms with Crippen LogP contribution in [-0.2, 0) is 14.3 Å². The van der Waals surface area contributed by atoms with Gasteiger partial charge in [-0.05, 0) is 34.6 Å². The monoisotopic (exact) mass is 452 g/mol. The van der Waals surface area contributed by atoms with Gasteiger partial charge < -0.3 is 20.5 Å². The summed E-state index contributed by atoms with van der Waals surface area (Å²) in [6.45, 7) is 5.67. The number of rotatable bonds is 10. The van der Waals surface area contributed by atoms with Crippen molar-refractivity contribution in [3.63, 3.8) is 0 Å². The molecule has 2 atom stereocenters. The Balaban J connectivity index is 1.64. The van der Waals surface area contributed by atoms with E-state index in [1.165, 1.54) is 0 Å². The molecule has 2 aromatic rings. The van der Waals surface area contributed by atoms with Crippen LogP contribution < -0.4 is 10.6 Å². The normalized spacial score (nSPS) is 14.2. The first-order valence-electron chi connectivity index (χ1n) is 11.5. The molecule has 0 aliphatic heterocycles. The number of alkyl carbamates (subject to hydrolysis) is 1. The van der Waals surface area contributed by atoms with Gasteiger partial charge in [0.2, 0.25) is 5.91 Å². The van der Waals surface area contributed by atoms with Gasteiger partial charge in [-0.25, -0.2) is 9.59 Å². The molecular weight excluding hydrogens is 420 g/mol. The Morgan fingerprint density at radius 1 is 0.970 bits per heavy atom.